The second-order valence-electron chi connectivity index (χ2n) is 6.92. The maximum absolute atomic E-state index is 13.3. The monoisotopic (exact) mass is 426 g/mol. The van der Waals surface area contributed by atoms with Gasteiger partial charge in [-0.3, -0.25) is 9.20 Å². The minimum Gasteiger partial charge on any atom is -0.338 e. The van der Waals surface area contributed by atoms with E-state index in [1.54, 1.807) is 4.90 Å². The van der Waals surface area contributed by atoms with E-state index in [2.05, 4.69) is 10.2 Å². The summed E-state index contributed by atoms with van der Waals surface area (Å²) in [6.45, 7) is 0.719. The van der Waals surface area contributed by atoms with Gasteiger partial charge in [0.25, 0.3) is 5.91 Å². The van der Waals surface area contributed by atoms with E-state index in [0.29, 0.717) is 30.9 Å². The zero-order valence-electron chi connectivity index (χ0n) is 15.0. The van der Waals surface area contributed by atoms with Gasteiger partial charge >= 0.3 is 6.18 Å². The van der Waals surface area contributed by atoms with Crippen LogP contribution in [0.1, 0.15) is 40.5 Å². The molecule has 1 aliphatic rings. The lowest BCUT2D eigenvalue weighted by molar-refractivity contribution is -0.137. The van der Waals surface area contributed by atoms with Crippen molar-refractivity contribution in [1.29, 1.82) is 0 Å². The number of carbonyl (C=O) groups is 1. The molecule has 3 heterocycles. The molecule has 29 heavy (non-hydrogen) atoms. The predicted octanol–water partition coefficient (Wildman–Crippen LogP) is 4.56. The molecule has 0 radical (unpaired) electrons. The molecule has 3 aromatic rings. The molecule has 5 nitrogen and oxygen atoms in total. The van der Waals surface area contributed by atoms with Gasteiger partial charge in [-0.1, -0.05) is 11.6 Å². The third-order valence-electron chi connectivity index (χ3n) is 4.99. The minimum absolute atomic E-state index is 0.0138. The molecule has 0 bridgehead atoms. The van der Waals surface area contributed by atoms with Gasteiger partial charge in [-0.2, -0.15) is 13.2 Å². The molecule has 0 saturated carbocycles. The number of hydrogen-bond donors (Lipinski definition) is 0. The van der Waals surface area contributed by atoms with Crippen LogP contribution in [0.4, 0.5) is 17.6 Å². The zero-order chi connectivity index (χ0) is 20.8. The fourth-order valence-electron chi connectivity index (χ4n) is 3.56. The maximum atomic E-state index is 13.3. The Balaban J connectivity index is 1.62. The second kappa shape index (κ2) is 7.29. The number of halogens is 5. The Morgan fingerprint density at radius 3 is 2.69 bits per heavy atom. The van der Waals surface area contributed by atoms with E-state index in [0.717, 1.165) is 24.4 Å². The first-order valence-electron chi connectivity index (χ1n) is 8.90. The van der Waals surface area contributed by atoms with Crippen molar-refractivity contribution in [1.82, 2.24) is 19.5 Å². The first-order chi connectivity index (χ1) is 13.7. The second-order valence-corrected chi connectivity index (χ2v) is 7.32. The van der Waals surface area contributed by atoms with Gasteiger partial charge in [0.15, 0.2) is 5.65 Å². The van der Waals surface area contributed by atoms with E-state index in [1.165, 1.54) is 16.5 Å². The number of pyridine rings is 1. The van der Waals surface area contributed by atoms with Crippen LogP contribution in [0.5, 0.6) is 0 Å². The van der Waals surface area contributed by atoms with Crippen LogP contribution in [-0.2, 0) is 6.18 Å². The summed E-state index contributed by atoms with van der Waals surface area (Å²) >= 11 is 6.00. The number of benzene rings is 1. The van der Waals surface area contributed by atoms with Crippen molar-refractivity contribution in [3.8, 4) is 0 Å². The number of nitrogens with zero attached hydrogens (tertiary/aromatic N) is 4. The van der Waals surface area contributed by atoms with E-state index < -0.39 is 17.6 Å². The highest BCUT2D eigenvalue weighted by Crippen LogP contribution is 2.32. The van der Waals surface area contributed by atoms with Crippen molar-refractivity contribution in [2.24, 2.45) is 0 Å². The normalized spacial score (nSPS) is 17.7. The topological polar surface area (TPSA) is 50.5 Å². The van der Waals surface area contributed by atoms with Gasteiger partial charge in [-0.15, -0.1) is 10.2 Å². The summed E-state index contributed by atoms with van der Waals surface area (Å²) in [5.74, 6) is -0.817. The number of rotatable bonds is 2. The smallest absolute Gasteiger partial charge is 0.338 e. The number of carbonyl (C=O) groups excluding carboxylic acids is 1. The predicted molar refractivity (Wildman–Crippen MR) is 97.3 cm³/mol. The highest BCUT2D eigenvalue weighted by atomic mass is 35.5. The summed E-state index contributed by atoms with van der Waals surface area (Å²) in [6.07, 6.45) is -2.22. The SMILES string of the molecule is O=C(c1ccc(F)cc1Cl)N1CCCC(c2nnc3ccc(C(F)(F)F)cn23)C1. The molecule has 1 unspecified atom stereocenters. The number of hydrogen-bond acceptors (Lipinski definition) is 3. The minimum atomic E-state index is -4.48. The Kier molecular flexibility index (Phi) is 4.94. The number of amides is 1. The van der Waals surface area contributed by atoms with Crippen molar-refractivity contribution >= 4 is 23.2 Å². The molecule has 152 valence electrons. The molecular weight excluding hydrogens is 412 g/mol. The van der Waals surface area contributed by atoms with Crippen LogP contribution in [0.25, 0.3) is 5.65 Å². The Morgan fingerprint density at radius 1 is 1.17 bits per heavy atom. The van der Waals surface area contributed by atoms with Gasteiger partial charge in [0.2, 0.25) is 0 Å². The van der Waals surface area contributed by atoms with E-state index in [4.69, 9.17) is 11.6 Å². The van der Waals surface area contributed by atoms with Gasteiger partial charge in [-0.25, -0.2) is 4.39 Å². The highest BCUT2D eigenvalue weighted by molar-refractivity contribution is 6.33. The third-order valence-corrected chi connectivity index (χ3v) is 5.30. The first kappa shape index (κ1) is 19.6. The van der Waals surface area contributed by atoms with Crippen LogP contribution < -0.4 is 0 Å². The summed E-state index contributed by atoms with van der Waals surface area (Å²) in [7, 11) is 0. The molecule has 2 aromatic heterocycles. The summed E-state index contributed by atoms with van der Waals surface area (Å²) in [5, 5.41) is 8.03. The molecule has 1 saturated heterocycles. The summed E-state index contributed by atoms with van der Waals surface area (Å²) in [5.41, 5.74) is -0.315. The standard InChI is InChI=1S/C19H15ClF4N4O/c20-15-8-13(21)4-5-14(15)18(29)27-7-1-2-11(9-27)17-26-25-16-6-3-12(10-28(16)17)19(22,23)24/h3-6,8,10-11H,1-2,7,9H2. The van der Waals surface area contributed by atoms with Crippen molar-refractivity contribution < 1.29 is 22.4 Å². The molecule has 1 amide bonds. The number of piperidine rings is 1. The molecule has 1 aliphatic heterocycles. The molecular formula is C19H15ClF4N4O. The van der Waals surface area contributed by atoms with Gasteiger partial charge in [0, 0.05) is 25.2 Å². The number of fused-ring (bicyclic) bond motifs is 1. The van der Waals surface area contributed by atoms with Crippen LogP contribution in [0.2, 0.25) is 5.02 Å². The fourth-order valence-corrected chi connectivity index (χ4v) is 3.81. The third kappa shape index (κ3) is 3.78. The molecule has 1 atom stereocenters. The first-order valence-corrected chi connectivity index (χ1v) is 9.28. The van der Waals surface area contributed by atoms with Crippen LogP contribution >= 0.6 is 11.6 Å². The Labute approximate surface area is 167 Å². The van der Waals surface area contributed by atoms with Crippen LogP contribution in [0, 0.1) is 5.82 Å². The van der Waals surface area contributed by atoms with Crippen molar-refractivity contribution in [2.75, 3.05) is 13.1 Å². The Bertz CT molecular complexity index is 1080. The van der Waals surface area contributed by atoms with Gasteiger partial charge in [0.1, 0.15) is 11.6 Å². The Hall–Kier alpha value is -2.68. The van der Waals surface area contributed by atoms with Crippen LogP contribution in [-0.4, -0.2) is 38.5 Å². The average Bonchev–Trinajstić information content (AvgIpc) is 3.10. The number of aromatic nitrogens is 3. The molecule has 0 spiro atoms. The fraction of sp³-hybridized carbons (Fsp3) is 0.316. The van der Waals surface area contributed by atoms with E-state index in [-0.39, 0.29) is 29.0 Å². The highest BCUT2D eigenvalue weighted by Gasteiger charge is 2.33. The van der Waals surface area contributed by atoms with Crippen molar-refractivity contribution in [2.45, 2.75) is 24.9 Å². The van der Waals surface area contributed by atoms with E-state index >= 15 is 0 Å². The van der Waals surface area contributed by atoms with Gasteiger partial charge in [0.05, 0.1) is 16.1 Å². The lowest BCUT2D eigenvalue weighted by atomic mass is 9.96. The zero-order valence-corrected chi connectivity index (χ0v) is 15.7. The van der Waals surface area contributed by atoms with Crippen molar-refractivity contribution in [3.63, 3.8) is 0 Å². The van der Waals surface area contributed by atoms with Crippen LogP contribution in [0.3, 0.4) is 0 Å². The quantitative estimate of drug-likeness (QED) is 0.564. The van der Waals surface area contributed by atoms with Crippen molar-refractivity contribution in [3.05, 3.63) is 64.3 Å². The van der Waals surface area contributed by atoms with E-state index in [1.807, 2.05) is 0 Å². The molecule has 1 aromatic carbocycles. The average molecular weight is 427 g/mol. The summed E-state index contributed by atoms with van der Waals surface area (Å²) in [6, 6.07) is 5.78. The molecule has 10 heteroatoms. The molecule has 0 aliphatic carbocycles. The largest absolute Gasteiger partial charge is 0.417 e. The van der Waals surface area contributed by atoms with Gasteiger partial charge in [-0.05, 0) is 43.2 Å². The lowest BCUT2D eigenvalue weighted by Gasteiger charge is -2.32. The summed E-state index contributed by atoms with van der Waals surface area (Å²) in [4.78, 5) is 14.4. The lowest BCUT2D eigenvalue weighted by Crippen LogP contribution is -2.39. The van der Waals surface area contributed by atoms with Gasteiger partial charge < -0.3 is 4.90 Å². The van der Waals surface area contributed by atoms with E-state index in [9.17, 15) is 22.4 Å². The van der Waals surface area contributed by atoms with Crippen LogP contribution in [0.15, 0.2) is 36.5 Å². The molecule has 0 N–H and O–H groups in total. The number of alkyl halides is 3. The summed E-state index contributed by atoms with van der Waals surface area (Å²) < 4.78 is 53.8. The Morgan fingerprint density at radius 2 is 1.97 bits per heavy atom. The number of likely N-dealkylation sites (tertiary alicyclic amines) is 1. The molecule has 1 fully saturated rings. The maximum Gasteiger partial charge on any atom is 0.417 e. The molecule has 4 rings (SSSR count).